The van der Waals surface area contributed by atoms with E-state index in [4.69, 9.17) is 9.47 Å². The van der Waals surface area contributed by atoms with Crippen molar-refractivity contribution < 1.29 is 14.3 Å². The van der Waals surface area contributed by atoms with Gasteiger partial charge in [-0.25, -0.2) is 14.8 Å². The Labute approximate surface area is 131 Å². The minimum Gasteiger partial charge on any atom is -0.481 e. The van der Waals surface area contributed by atoms with Gasteiger partial charge in [0.1, 0.15) is 17.7 Å². The van der Waals surface area contributed by atoms with Crippen molar-refractivity contribution in [2.24, 2.45) is 0 Å². The Morgan fingerprint density at radius 1 is 1.32 bits per heavy atom. The maximum atomic E-state index is 11.8. The molecule has 1 aromatic heterocycles. The second-order valence-electron chi connectivity index (χ2n) is 6.33. The fourth-order valence-corrected chi connectivity index (χ4v) is 2.34. The molecule has 0 spiro atoms. The highest BCUT2D eigenvalue weighted by atomic mass is 16.6. The zero-order chi connectivity index (χ0) is 16.2. The number of carbonyl (C=O) groups is 1. The molecule has 1 saturated heterocycles. The Balaban J connectivity index is 1.84. The molecule has 7 nitrogen and oxygen atoms in total. The van der Waals surface area contributed by atoms with E-state index in [1.165, 1.54) is 6.33 Å². The van der Waals surface area contributed by atoms with Gasteiger partial charge in [0.15, 0.2) is 0 Å². The quantitative estimate of drug-likeness (QED) is 0.920. The Bertz CT molecular complexity index is 508. The maximum absolute atomic E-state index is 11.8. The van der Waals surface area contributed by atoms with Crippen molar-refractivity contribution in [3.05, 3.63) is 12.4 Å². The molecule has 1 amide bonds. The summed E-state index contributed by atoms with van der Waals surface area (Å²) in [6.07, 6.45) is 2.85. The van der Waals surface area contributed by atoms with Crippen molar-refractivity contribution in [2.45, 2.75) is 45.3 Å². The van der Waals surface area contributed by atoms with Gasteiger partial charge in [0, 0.05) is 25.2 Å². The number of rotatable bonds is 3. The normalized spacial score (nSPS) is 16.3. The van der Waals surface area contributed by atoms with Gasteiger partial charge in [-0.2, -0.15) is 0 Å². The Kier molecular flexibility index (Phi) is 5.05. The number of nitrogens with zero attached hydrogens (tertiary/aromatic N) is 3. The zero-order valence-electron chi connectivity index (χ0n) is 13.6. The number of ether oxygens (including phenoxy) is 2. The number of hydrogen-bond acceptors (Lipinski definition) is 6. The van der Waals surface area contributed by atoms with Crippen LogP contribution in [0.3, 0.4) is 0 Å². The molecule has 1 aromatic rings. The summed E-state index contributed by atoms with van der Waals surface area (Å²) in [5.41, 5.74) is -0.470. The van der Waals surface area contributed by atoms with Crippen LogP contribution in [0.1, 0.15) is 33.6 Å². The lowest BCUT2D eigenvalue weighted by Gasteiger charge is -2.33. The molecule has 0 aliphatic carbocycles. The number of methoxy groups -OCH3 is 1. The van der Waals surface area contributed by atoms with Crippen LogP contribution in [-0.2, 0) is 4.74 Å². The van der Waals surface area contributed by atoms with E-state index < -0.39 is 5.60 Å². The van der Waals surface area contributed by atoms with Crippen molar-refractivity contribution >= 4 is 11.9 Å². The van der Waals surface area contributed by atoms with Crippen LogP contribution in [-0.4, -0.2) is 47.9 Å². The Hall–Kier alpha value is -2.05. The van der Waals surface area contributed by atoms with Crippen LogP contribution >= 0.6 is 0 Å². The van der Waals surface area contributed by atoms with E-state index in [-0.39, 0.29) is 12.1 Å². The van der Waals surface area contributed by atoms with Gasteiger partial charge in [0.25, 0.3) is 0 Å². The molecular formula is C15H24N4O3. The first-order valence-electron chi connectivity index (χ1n) is 7.48. The molecule has 0 atom stereocenters. The molecule has 0 bridgehead atoms. The number of alkyl carbamates (subject to hydrolysis) is 1. The number of anilines is 1. The van der Waals surface area contributed by atoms with E-state index in [0.29, 0.717) is 5.88 Å². The van der Waals surface area contributed by atoms with Gasteiger partial charge in [0.2, 0.25) is 5.88 Å². The zero-order valence-corrected chi connectivity index (χ0v) is 13.6. The maximum Gasteiger partial charge on any atom is 0.407 e. The molecule has 22 heavy (non-hydrogen) atoms. The van der Waals surface area contributed by atoms with E-state index >= 15 is 0 Å². The van der Waals surface area contributed by atoms with Crippen molar-refractivity contribution in [2.75, 3.05) is 25.1 Å². The highest BCUT2D eigenvalue weighted by Crippen LogP contribution is 2.20. The molecule has 1 aliphatic heterocycles. The van der Waals surface area contributed by atoms with Gasteiger partial charge in [-0.1, -0.05) is 0 Å². The summed E-state index contributed by atoms with van der Waals surface area (Å²) in [5, 5.41) is 2.92. The van der Waals surface area contributed by atoms with E-state index in [2.05, 4.69) is 20.2 Å². The molecule has 1 fully saturated rings. The van der Waals surface area contributed by atoms with Crippen LogP contribution in [0.25, 0.3) is 0 Å². The molecule has 2 heterocycles. The van der Waals surface area contributed by atoms with E-state index in [1.54, 1.807) is 7.11 Å². The fraction of sp³-hybridized carbons (Fsp3) is 0.667. The fourth-order valence-electron chi connectivity index (χ4n) is 2.34. The molecule has 2 rings (SSSR count). The molecule has 0 unspecified atom stereocenters. The lowest BCUT2D eigenvalue weighted by atomic mass is 10.1. The van der Waals surface area contributed by atoms with Gasteiger partial charge < -0.3 is 19.7 Å². The number of carbonyl (C=O) groups excluding carboxylic acids is 1. The smallest absolute Gasteiger partial charge is 0.407 e. The largest absolute Gasteiger partial charge is 0.481 e. The summed E-state index contributed by atoms with van der Waals surface area (Å²) >= 11 is 0. The minimum atomic E-state index is -0.470. The van der Waals surface area contributed by atoms with Gasteiger partial charge in [-0.3, -0.25) is 0 Å². The predicted octanol–water partition coefficient (Wildman–Crippen LogP) is 1.98. The van der Waals surface area contributed by atoms with Crippen LogP contribution in [0.5, 0.6) is 5.88 Å². The number of piperidine rings is 1. The summed E-state index contributed by atoms with van der Waals surface area (Å²) < 4.78 is 10.4. The lowest BCUT2D eigenvalue weighted by Crippen LogP contribution is -2.46. The van der Waals surface area contributed by atoms with Crippen molar-refractivity contribution in [1.82, 2.24) is 15.3 Å². The van der Waals surface area contributed by atoms with E-state index in [1.807, 2.05) is 26.8 Å². The first-order valence-corrected chi connectivity index (χ1v) is 7.48. The summed E-state index contributed by atoms with van der Waals surface area (Å²) in [4.78, 5) is 22.2. The van der Waals surface area contributed by atoms with Crippen molar-refractivity contribution in [1.29, 1.82) is 0 Å². The van der Waals surface area contributed by atoms with Crippen molar-refractivity contribution in [3.63, 3.8) is 0 Å². The third-order valence-electron chi connectivity index (χ3n) is 3.38. The van der Waals surface area contributed by atoms with Crippen LogP contribution in [0.2, 0.25) is 0 Å². The summed E-state index contributed by atoms with van der Waals surface area (Å²) in [7, 11) is 1.59. The van der Waals surface area contributed by atoms with Crippen LogP contribution in [0.4, 0.5) is 10.6 Å². The minimum absolute atomic E-state index is 0.134. The second kappa shape index (κ2) is 6.81. The summed E-state index contributed by atoms with van der Waals surface area (Å²) in [6.45, 7) is 7.22. The first-order chi connectivity index (χ1) is 10.4. The average molecular weight is 308 g/mol. The molecule has 1 aliphatic rings. The SMILES string of the molecule is COc1cc(N2CCC(NC(=O)OC(C)(C)C)CC2)ncn1. The first kappa shape index (κ1) is 16.3. The topological polar surface area (TPSA) is 76.6 Å². The number of amides is 1. The molecule has 122 valence electrons. The lowest BCUT2D eigenvalue weighted by molar-refractivity contribution is 0.0497. The van der Waals surface area contributed by atoms with E-state index in [9.17, 15) is 4.79 Å². The standard InChI is InChI=1S/C15H24N4O3/c1-15(2,3)22-14(20)18-11-5-7-19(8-6-11)12-9-13(21-4)17-10-16-12/h9-11H,5-8H2,1-4H3,(H,18,20). The molecule has 0 aromatic carbocycles. The predicted molar refractivity (Wildman–Crippen MR) is 83.2 cm³/mol. The molecule has 0 radical (unpaired) electrons. The van der Waals surface area contributed by atoms with Gasteiger partial charge in [-0.15, -0.1) is 0 Å². The third-order valence-corrected chi connectivity index (χ3v) is 3.38. The number of aromatic nitrogens is 2. The molecular weight excluding hydrogens is 284 g/mol. The third kappa shape index (κ3) is 4.75. The van der Waals surface area contributed by atoms with Gasteiger partial charge >= 0.3 is 6.09 Å². The number of hydrogen-bond donors (Lipinski definition) is 1. The molecule has 1 N–H and O–H groups in total. The van der Waals surface area contributed by atoms with Gasteiger partial charge in [0.05, 0.1) is 7.11 Å². The monoisotopic (exact) mass is 308 g/mol. The van der Waals surface area contributed by atoms with Gasteiger partial charge in [-0.05, 0) is 33.6 Å². The Morgan fingerprint density at radius 2 is 2.00 bits per heavy atom. The van der Waals surface area contributed by atoms with Crippen LogP contribution < -0.4 is 15.0 Å². The molecule has 0 saturated carbocycles. The highest BCUT2D eigenvalue weighted by Gasteiger charge is 2.24. The number of nitrogens with one attached hydrogen (secondary N) is 1. The molecule has 7 heteroatoms. The summed E-state index contributed by atoms with van der Waals surface area (Å²) in [5.74, 6) is 1.40. The van der Waals surface area contributed by atoms with Crippen LogP contribution in [0.15, 0.2) is 12.4 Å². The Morgan fingerprint density at radius 3 is 2.59 bits per heavy atom. The average Bonchev–Trinajstić information content (AvgIpc) is 2.46. The summed E-state index contributed by atoms with van der Waals surface area (Å²) in [6, 6.07) is 1.96. The van der Waals surface area contributed by atoms with Crippen molar-refractivity contribution in [3.8, 4) is 5.88 Å². The van der Waals surface area contributed by atoms with Crippen LogP contribution in [0, 0.1) is 0 Å². The van der Waals surface area contributed by atoms with E-state index in [0.717, 1.165) is 31.7 Å². The second-order valence-corrected chi connectivity index (χ2v) is 6.33. The highest BCUT2D eigenvalue weighted by molar-refractivity contribution is 5.68.